The van der Waals surface area contributed by atoms with E-state index in [0.29, 0.717) is 23.1 Å². The van der Waals surface area contributed by atoms with E-state index in [9.17, 15) is 18.0 Å². The maximum Gasteiger partial charge on any atom is 0.264 e. The van der Waals surface area contributed by atoms with Crippen LogP contribution in [0.2, 0.25) is 0 Å². The van der Waals surface area contributed by atoms with E-state index in [1.165, 1.54) is 17.0 Å². The highest BCUT2D eigenvalue weighted by Crippen LogP contribution is 2.27. The number of nitrogens with zero attached hydrogens (tertiary/aromatic N) is 2. The predicted octanol–water partition coefficient (Wildman–Crippen LogP) is 5.59. The van der Waals surface area contributed by atoms with Gasteiger partial charge in [-0.15, -0.1) is 0 Å². The molecular formula is C30H36BrN3O4S. The molecule has 0 radical (unpaired) electrons. The number of aryl methyl sites for hydroxylation is 2. The number of halogens is 1. The minimum atomic E-state index is -4.10. The molecule has 7 nitrogen and oxygen atoms in total. The Labute approximate surface area is 240 Å². The second kappa shape index (κ2) is 13.8. The summed E-state index contributed by atoms with van der Waals surface area (Å²) in [6, 6.07) is 20.3. The number of carbonyl (C=O) groups is 2. The molecule has 0 spiro atoms. The molecule has 0 heterocycles. The fraction of sp³-hybridized carbons (Fsp3) is 0.333. The summed E-state index contributed by atoms with van der Waals surface area (Å²) in [7, 11) is -4.10. The summed E-state index contributed by atoms with van der Waals surface area (Å²) < 4.78 is 29.6. The average molecular weight is 615 g/mol. The molecule has 0 aliphatic carbocycles. The zero-order valence-electron chi connectivity index (χ0n) is 22.9. The summed E-state index contributed by atoms with van der Waals surface area (Å²) in [5, 5.41) is 2.90. The van der Waals surface area contributed by atoms with Gasteiger partial charge in [0.25, 0.3) is 10.0 Å². The van der Waals surface area contributed by atoms with Gasteiger partial charge < -0.3 is 10.2 Å². The van der Waals surface area contributed by atoms with Crippen molar-refractivity contribution < 1.29 is 18.0 Å². The van der Waals surface area contributed by atoms with E-state index >= 15 is 0 Å². The number of nitrogens with one attached hydrogen (secondary N) is 1. The summed E-state index contributed by atoms with van der Waals surface area (Å²) >= 11 is 3.42. The number of sulfonamides is 1. The van der Waals surface area contributed by atoms with E-state index in [1.54, 1.807) is 36.4 Å². The monoisotopic (exact) mass is 613 g/mol. The molecule has 0 fully saturated rings. The summed E-state index contributed by atoms with van der Waals surface area (Å²) in [4.78, 5) is 28.7. The molecule has 0 aliphatic rings. The Morgan fingerprint density at radius 2 is 1.54 bits per heavy atom. The molecule has 3 rings (SSSR count). The Bertz CT molecular complexity index is 1380. The van der Waals surface area contributed by atoms with Crippen LogP contribution < -0.4 is 9.62 Å². The maximum atomic E-state index is 14.0. The van der Waals surface area contributed by atoms with Crippen LogP contribution >= 0.6 is 15.9 Å². The Morgan fingerprint density at radius 1 is 0.923 bits per heavy atom. The maximum absolute atomic E-state index is 14.0. The van der Waals surface area contributed by atoms with Gasteiger partial charge in [-0.05, 0) is 62.6 Å². The van der Waals surface area contributed by atoms with Crippen LogP contribution in [0.1, 0.15) is 43.4 Å². The second-order valence-electron chi connectivity index (χ2n) is 9.53. The van der Waals surface area contributed by atoms with Gasteiger partial charge in [0.05, 0.1) is 10.6 Å². The number of hydrogen-bond acceptors (Lipinski definition) is 4. The molecule has 2 amide bonds. The van der Waals surface area contributed by atoms with E-state index in [2.05, 4.69) is 21.2 Å². The van der Waals surface area contributed by atoms with Crippen LogP contribution in [0.3, 0.4) is 0 Å². The summed E-state index contributed by atoms with van der Waals surface area (Å²) in [6.07, 6.45) is 1.15. The molecule has 9 heteroatoms. The molecule has 3 aromatic carbocycles. The van der Waals surface area contributed by atoms with Gasteiger partial charge in [0.2, 0.25) is 11.8 Å². The molecule has 0 saturated heterocycles. The molecule has 1 atom stereocenters. The van der Waals surface area contributed by atoms with Gasteiger partial charge in [-0.1, -0.05) is 83.4 Å². The van der Waals surface area contributed by atoms with Gasteiger partial charge >= 0.3 is 0 Å². The van der Waals surface area contributed by atoms with Crippen molar-refractivity contribution in [1.82, 2.24) is 10.2 Å². The normalized spacial score (nSPS) is 12.0. The summed E-state index contributed by atoms with van der Waals surface area (Å²) in [5.74, 6) is -0.722. The Balaban J connectivity index is 2.04. The van der Waals surface area contributed by atoms with Crippen LogP contribution in [0.5, 0.6) is 0 Å². The number of amides is 2. The summed E-state index contributed by atoms with van der Waals surface area (Å²) in [5.41, 5.74) is 3.20. The molecular weight excluding hydrogens is 578 g/mol. The SMILES string of the molecule is CCCNC(=O)[C@@H](CC)N(Cc1ccc(C)cc1)C(=O)CN(c1cccc(Br)c1)S(=O)(=O)c1ccc(C)cc1. The van der Waals surface area contributed by atoms with Crippen molar-refractivity contribution in [2.24, 2.45) is 0 Å². The third kappa shape index (κ3) is 7.92. The van der Waals surface area contributed by atoms with E-state index in [1.807, 2.05) is 52.0 Å². The first-order valence-corrected chi connectivity index (χ1v) is 15.3. The average Bonchev–Trinajstić information content (AvgIpc) is 2.91. The largest absolute Gasteiger partial charge is 0.354 e. The lowest BCUT2D eigenvalue weighted by Crippen LogP contribution is -2.52. The molecule has 0 saturated carbocycles. The van der Waals surface area contributed by atoms with Crippen LogP contribution in [0.4, 0.5) is 5.69 Å². The van der Waals surface area contributed by atoms with Gasteiger partial charge in [-0.3, -0.25) is 13.9 Å². The van der Waals surface area contributed by atoms with Crippen LogP contribution in [-0.2, 0) is 26.2 Å². The first-order chi connectivity index (χ1) is 18.6. The Kier molecular flexibility index (Phi) is 10.7. The first kappa shape index (κ1) is 30.4. The van der Waals surface area contributed by atoms with Gasteiger partial charge in [-0.25, -0.2) is 8.42 Å². The topological polar surface area (TPSA) is 86.8 Å². The van der Waals surface area contributed by atoms with Crippen molar-refractivity contribution in [2.75, 3.05) is 17.4 Å². The molecule has 0 aliphatic heterocycles. The van der Waals surface area contributed by atoms with Crippen LogP contribution in [0.25, 0.3) is 0 Å². The third-order valence-electron chi connectivity index (χ3n) is 6.39. The standard InChI is InChI=1S/C30H36BrN3O4S/c1-5-18-32-30(36)28(6-2)33(20-24-14-10-22(3)11-15-24)29(35)21-34(26-9-7-8-25(31)19-26)39(37,38)27-16-12-23(4)13-17-27/h7-17,19,28H,5-6,18,20-21H2,1-4H3,(H,32,36)/t28-/m1/s1. The number of carbonyl (C=O) groups excluding carboxylic acids is 2. The smallest absolute Gasteiger partial charge is 0.264 e. The molecule has 39 heavy (non-hydrogen) atoms. The van der Waals surface area contributed by atoms with Crippen molar-refractivity contribution in [2.45, 2.75) is 58.0 Å². The minimum Gasteiger partial charge on any atom is -0.354 e. The molecule has 208 valence electrons. The molecule has 0 bridgehead atoms. The van der Waals surface area contributed by atoms with Crippen LogP contribution in [0, 0.1) is 13.8 Å². The van der Waals surface area contributed by atoms with E-state index in [4.69, 9.17) is 0 Å². The third-order valence-corrected chi connectivity index (χ3v) is 8.67. The number of hydrogen-bond donors (Lipinski definition) is 1. The van der Waals surface area contributed by atoms with Crippen molar-refractivity contribution in [3.63, 3.8) is 0 Å². The number of anilines is 1. The Hall–Kier alpha value is -3.17. The second-order valence-corrected chi connectivity index (χ2v) is 12.3. The fourth-order valence-electron chi connectivity index (χ4n) is 4.17. The predicted molar refractivity (Wildman–Crippen MR) is 159 cm³/mol. The lowest BCUT2D eigenvalue weighted by molar-refractivity contribution is -0.140. The fourth-order valence-corrected chi connectivity index (χ4v) is 5.97. The quantitative estimate of drug-likeness (QED) is 0.288. The Morgan fingerprint density at radius 3 is 2.10 bits per heavy atom. The first-order valence-electron chi connectivity index (χ1n) is 13.0. The summed E-state index contributed by atoms with van der Waals surface area (Å²) in [6.45, 7) is 7.87. The van der Waals surface area contributed by atoms with Gasteiger partial charge in [0.15, 0.2) is 0 Å². The highest BCUT2D eigenvalue weighted by molar-refractivity contribution is 9.10. The van der Waals surface area contributed by atoms with Crippen LogP contribution in [0.15, 0.2) is 82.2 Å². The van der Waals surface area contributed by atoms with Gasteiger partial charge in [0.1, 0.15) is 12.6 Å². The van der Waals surface area contributed by atoms with Crippen molar-refractivity contribution >= 4 is 43.5 Å². The van der Waals surface area contributed by atoms with Crippen molar-refractivity contribution in [3.05, 3.63) is 94.0 Å². The molecule has 0 unspecified atom stereocenters. The highest BCUT2D eigenvalue weighted by atomic mass is 79.9. The van der Waals surface area contributed by atoms with Crippen molar-refractivity contribution in [3.8, 4) is 0 Å². The molecule has 0 aromatic heterocycles. The van der Waals surface area contributed by atoms with Crippen LogP contribution in [-0.4, -0.2) is 44.3 Å². The van der Waals surface area contributed by atoms with Crippen molar-refractivity contribution in [1.29, 1.82) is 0 Å². The lowest BCUT2D eigenvalue weighted by Gasteiger charge is -2.33. The number of benzene rings is 3. The van der Waals surface area contributed by atoms with E-state index in [0.717, 1.165) is 27.4 Å². The molecule has 1 N–H and O–H groups in total. The van der Waals surface area contributed by atoms with E-state index in [-0.39, 0.29) is 17.3 Å². The van der Waals surface area contributed by atoms with E-state index < -0.39 is 28.5 Å². The zero-order chi connectivity index (χ0) is 28.6. The van der Waals surface area contributed by atoms with Gasteiger partial charge in [0, 0.05) is 17.6 Å². The highest BCUT2D eigenvalue weighted by Gasteiger charge is 2.33. The van der Waals surface area contributed by atoms with Gasteiger partial charge in [-0.2, -0.15) is 0 Å². The molecule has 3 aromatic rings. The minimum absolute atomic E-state index is 0.0821. The zero-order valence-corrected chi connectivity index (χ0v) is 25.3. The lowest BCUT2D eigenvalue weighted by atomic mass is 10.1. The number of rotatable bonds is 12.